The molecule has 1 N–H and O–H groups in total. The van der Waals surface area contributed by atoms with Crippen molar-refractivity contribution in [2.24, 2.45) is 0 Å². The summed E-state index contributed by atoms with van der Waals surface area (Å²) in [7, 11) is 0. The number of ether oxygens (including phenoxy) is 2. The Kier molecular flexibility index (Phi) is 6.99. The third-order valence-electron chi connectivity index (χ3n) is 6.75. The van der Waals surface area contributed by atoms with Gasteiger partial charge in [0.15, 0.2) is 0 Å². The molecule has 204 valence electrons. The lowest BCUT2D eigenvalue weighted by atomic mass is 10.0. The Morgan fingerprint density at radius 1 is 1.18 bits per heavy atom. The van der Waals surface area contributed by atoms with Crippen LogP contribution < -0.4 is 4.74 Å². The van der Waals surface area contributed by atoms with Crippen LogP contribution in [0.3, 0.4) is 0 Å². The lowest BCUT2D eigenvalue weighted by Crippen LogP contribution is -2.31. The zero-order chi connectivity index (χ0) is 27.8. The molecule has 4 heterocycles. The minimum Gasteiger partial charge on any atom is -0.478 e. The van der Waals surface area contributed by atoms with Gasteiger partial charge in [-0.05, 0) is 55.3 Å². The van der Waals surface area contributed by atoms with E-state index in [0.29, 0.717) is 30.0 Å². The van der Waals surface area contributed by atoms with Crippen molar-refractivity contribution in [2.75, 3.05) is 6.61 Å². The second kappa shape index (κ2) is 10.7. The number of carbonyl (C=O) groups is 1. The van der Waals surface area contributed by atoms with Crippen LogP contribution in [0.25, 0.3) is 22.3 Å². The maximum atomic E-state index is 15.4. The van der Waals surface area contributed by atoms with Crippen LogP contribution in [0.1, 0.15) is 38.1 Å². The summed E-state index contributed by atoms with van der Waals surface area (Å²) in [5, 5.41) is 10.2. The first-order chi connectivity index (χ1) is 19.3. The van der Waals surface area contributed by atoms with Crippen molar-refractivity contribution in [1.82, 2.24) is 19.5 Å². The molecule has 1 atom stereocenters. The molecule has 6 rings (SSSR count). The van der Waals surface area contributed by atoms with Crippen LogP contribution in [0.4, 0.5) is 8.78 Å². The number of hydrogen-bond acceptors (Lipinski definition) is 7. The van der Waals surface area contributed by atoms with E-state index in [-0.39, 0.29) is 47.4 Å². The predicted octanol–water partition coefficient (Wildman–Crippen LogP) is 5.80. The van der Waals surface area contributed by atoms with Crippen molar-refractivity contribution >= 4 is 28.3 Å². The second-order valence-corrected chi connectivity index (χ2v) is 10.9. The first-order valence-electron chi connectivity index (χ1n) is 12.7. The Bertz CT molecular complexity index is 1730. The van der Waals surface area contributed by atoms with Gasteiger partial charge in [0, 0.05) is 35.7 Å². The first kappa shape index (κ1) is 26.0. The highest BCUT2D eigenvalue weighted by Gasteiger charge is 2.23. The van der Waals surface area contributed by atoms with Gasteiger partial charge >= 0.3 is 5.97 Å². The number of hydrogen-bond donors (Lipinski definition) is 1. The molecule has 40 heavy (non-hydrogen) atoms. The molecule has 0 amide bonds. The second-order valence-electron chi connectivity index (χ2n) is 9.54. The molecule has 3 aromatic heterocycles. The SMILES string of the molecule is Cc1cnc(COc2cccc(-c3cc(F)c(Cc4nc5ccc(C(=O)O)cc5n4C[C@@H]4CCO4)cc3F)n2)s1. The molecule has 0 spiro atoms. The average Bonchev–Trinajstić information content (AvgIpc) is 3.49. The Hall–Kier alpha value is -4.22. The molecule has 1 aliphatic heterocycles. The van der Waals surface area contributed by atoms with Crippen molar-refractivity contribution in [3.05, 3.63) is 93.2 Å². The van der Waals surface area contributed by atoms with E-state index < -0.39 is 17.6 Å². The fraction of sp³-hybridized carbons (Fsp3) is 0.241. The summed E-state index contributed by atoms with van der Waals surface area (Å²) in [6.45, 7) is 3.27. The van der Waals surface area contributed by atoms with Gasteiger partial charge < -0.3 is 19.1 Å². The lowest BCUT2D eigenvalue weighted by molar-refractivity contribution is -0.0589. The highest BCUT2D eigenvalue weighted by molar-refractivity contribution is 7.11. The summed E-state index contributed by atoms with van der Waals surface area (Å²) in [5.74, 6) is -1.52. The number of fused-ring (bicyclic) bond motifs is 1. The van der Waals surface area contributed by atoms with Crippen LogP contribution in [0.5, 0.6) is 5.88 Å². The summed E-state index contributed by atoms with van der Waals surface area (Å²) < 4.78 is 43.9. The first-order valence-corrected chi connectivity index (χ1v) is 13.5. The smallest absolute Gasteiger partial charge is 0.335 e. The van der Waals surface area contributed by atoms with Gasteiger partial charge in [-0.15, -0.1) is 11.3 Å². The van der Waals surface area contributed by atoms with Crippen molar-refractivity contribution in [2.45, 2.75) is 39.0 Å². The minimum absolute atomic E-state index is 0.0106. The van der Waals surface area contributed by atoms with Gasteiger partial charge in [-0.25, -0.2) is 28.5 Å². The maximum Gasteiger partial charge on any atom is 0.335 e. The number of carboxylic acids is 1. The van der Waals surface area contributed by atoms with Crippen LogP contribution in [-0.2, 0) is 24.3 Å². The fourth-order valence-corrected chi connectivity index (χ4v) is 5.32. The molecule has 1 aliphatic rings. The van der Waals surface area contributed by atoms with E-state index in [0.717, 1.165) is 28.4 Å². The Morgan fingerprint density at radius 2 is 2.02 bits per heavy atom. The minimum atomic E-state index is -1.05. The summed E-state index contributed by atoms with van der Waals surface area (Å²) >= 11 is 1.51. The fourth-order valence-electron chi connectivity index (χ4n) is 4.62. The number of aromatic carboxylic acids is 1. The van der Waals surface area contributed by atoms with E-state index in [2.05, 4.69) is 15.0 Å². The molecule has 2 aromatic carbocycles. The number of pyridine rings is 1. The van der Waals surface area contributed by atoms with Gasteiger partial charge in [0.2, 0.25) is 5.88 Å². The molecule has 0 saturated carbocycles. The number of aryl methyl sites for hydroxylation is 1. The Balaban J connectivity index is 1.28. The predicted molar refractivity (Wildman–Crippen MR) is 145 cm³/mol. The molecule has 0 bridgehead atoms. The lowest BCUT2D eigenvalue weighted by Gasteiger charge is -2.27. The van der Waals surface area contributed by atoms with Crippen LogP contribution >= 0.6 is 11.3 Å². The number of rotatable bonds is 9. The van der Waals surface area contributed by atoms with E-state index in [4.69, 9.17) is 9.47 Å². The zero-order valence-electron chi connectivity index (χ0n) is 21.4. The molecule has 8 nitrogen and oxygen atoms in total. The van der Waals surface area contributed by atoms with Crippen molar-refractivity contribution in [3.63, 3.8) is 0 Å². The van der Waals surface area contributed by atoms with Crippen molar-refractivity contribution in [1.29, 1.82) is 0 Å². The summed E-state index contributed by atoms with van der Waals surface area (Å²) in [6.07, 6.45) is 2.58. The van der Waals surface area contributed by atoms with E-state index in [1.54, 1.807) is 36.5 Å². The van der Waals surface area contributed by atoms with Crippen LogP contribution in [0.15, 0.2) is 54.7 Å². The molecular weight excluding hydrogens is 538 g/mol. The van der Waals surface area contributed by atoms with E-state index in [9.17, 15) is 9.90 Å². The number of nitrogens with zero attached hydrogens (tertiary/aromatic N) is 4. The highest BCUT2D eigenvalue weighted by atomic mass is 32.1. The normalized spacial score (nSPS) is 14.8. The summed E-state index contributed by atoms with van der Waals surface area (Å²) in [4.78, 5) is 25.8. The van der Waals surface area contributed by atoms with Crippen LogP contribution in [-0.4, -0.2) is 43.3 Å². The highest BCUT2D eigenvalue weighted by Crippen LogP contribution is 2.29. The molecule has 11 heteroatoms. The molecule has 0 unspecified atom stereocenters. The number of halogens is 2. The summed E-state index contributed by atoms with van der Waals surface area (Å²) in [5.41, 5.74) is 1.68. The van der Waals surface area contributed by atoms with E-state index in [1.807, 2.05) is 11.5 Å². The summed E-state index contributed by atoms with van der Waals surface area (Å²) in [6, 6.07) is 11.8. The van der Waals surface area contributed by atoms with Crippen molar-refractivity contribution in [3.8, 4) is 17.1 Å². The number of carboxylic acid groups (broad SMARTS) is 1. The number of thiazole rings is 1. The van der Waals surface area contributed by atoms with Crippen molar-refractivity contribution < 1.29 is 28.2 Å². The molecule has 0 aliphatic carbocycles. The van der Waals surface area contributed by atoms with Crippen LogP contribution in [0, 0.1) is 18.6 Å². The van der Waals surface area contributed by atoms with Gasteiger partial charge in [-0.1, -0.05) is 6.07 Å². The largest absolute Gasteiger partial charge is 0.478 e. The van der Waals surface area contributed by atoms with Gasteiger partial charge in [-0.2, -0.15) is 0 Å². The topological polar surface area (TPSA) is 99.4 Å². The standard InChI is InChI=1S/C29H24F2N4O4S/c1-16-13-32-28(40-16)15-39-27-4-2-3-23(34-27)20-12-21(30)18(9-22(20)31)11-26-33-24-6-5-17(29(36)37)10-25(24)35(26)14-19-7-8-38-19/h2-6,9-10,12-13,19H,7-8,11,14-15H2,1H3,(H,36,37)/t19-/m0/s1. The average molecular weight is 563 g/mol. The number of aromatic nitrogens is 4. The zero-order valence-corrected chi connectivity index (χ0v) is 22.3. The van der Waals surface area contributed by atoms with E-state index >= 15 is 8.78 Å². The molecular formula is C29H24F2N4O4S. The molecule has 0 radical (unpaired) electrons. The maximum absolute atomic E-state index is 15.4. The third-order valence-corrected chi connectivity index (χ3v) is 7.64. The van der Waals surface area contributed by atoms with Crippen LogP contribution in [0.2, 0.25) is 0 Å². The molecule has 5 aromatic rings. The third kappa shape index (κ3) is 5.30. The molecule has 1 saturated heterocycles. The van der Waals surface area contributed by atoms with Gasteiger partial charge in [0.05, 0.1) is 34.9 Å². The number of imidazole rings is 1. The van der Waals surface area contributed by atoms with Gasteiger partial charge in [0.1, 0.15) is 29.1 Å². The van der Waals surface area contributed by atoms with Gasteiger partial charge in [-0.3, -0.25) is 0 Å². The Morgan fingerprint density at radius 3 is 2.75 bits per heavy atom. The van der Waals surface area contributed by atoms with Gasteiger partial charge in [0.25, 0.3) is 0 Å². The molecule has 1 fully saturated rings. The van der Waals surface area contributed by atoms with E-state index in [1.165, 1.54) is 17.4 Å². The Labute approximate surface area is 231 Å². The quantitative estimate of drug-likeness (QED) is 0.242. The number of benzene rings is 2. The monoisotopic (exact) mass is 562 g/mol.